The van der Waals surface area contributed by atoms with Crippen molar-refractivity contribution in [3.8, 4) is 0 Å². The molecule has 1 heterocycles. The molecule has 0 radical (unpaired) electrons. The Hall–Kier alpha value is -0.620. The van der Waals surface area contributed by atoms with Gasteiger partial charge in [0.1, 0.15) is 0 Å². The van der Waals surface area contributed by atoms with Gasteiger partial charge in [-0.15, -0.1) is 0 Å². The molecule has 0 bridgehead atoms. The maximum absolute atomic E-state index is 12.0. The van der Waals surface area contributed by atoms with Crippen molar-refractivity contribution in [2.75, 3.05) is 19.3 Å². The highest BCUT2D eigenvalue weighted by Crippen LogP contribution is 2.27. The molecule has 5 nitrogen and oxygen atoms in total. The van der Waals surface area contributed by atoms with Crippen LogP contribution < -0.4 is 5.32 Å². The second kappa shape index (κ2) is 8.29. The average Bonchev–Trinajstić information content (AvgIpc) is 2.48. The highest BCUT2D eigenvalue weighted by atomic mass is 32.2. The molecule has 0 atom stereocenters. The van der Waals surface area contributed by atoms with E-state index >= 15 is 0 Å². The first kappa shape index (κ1) is 17.7. The van der Waals surface area contributed by atoms with Crippen LogP contribution in [0.15, 0.2) is 0 Å². The molecule has 128 valence electrons. The minimum atomic E-state index is -3.08. The number of hydrogen-bond donors (Lipinski definition) is 1. The van der Waals surface area contributed by atoms with E-state index < -0.39 is 10.0 Å². The number of carbonyl (C=O) groups excluding carboxylic acids is 1. The number of sulfonamides is 1. The summed E-state index contributed by atoms with van der Waals surface area (Å²) in [5.41, 5.74) is 0. The summed E-state index contributed by atoms with van der Waals surface area (Å²) in [6.07, 6.45) is 12.2. The van der Waals surface area contributed by atoms with Gasteiger partial charge in [-0.25, -0.2) is 12.7 Å². The van der Waals surface area contributed by atoms with Gasteiger partial charge >= 0.3 is 0 Å². The third kappa shape index (κ3) is 5.88. The third-order valence-corrected chi connectivity index (χ3v) is 6.33. The standard InChI is InChI=1S/C16H30N2O3S/c1-22(20,21)18-12-10-15(11-13-18)17-16(19)9-5-8-14-6-3-2-4-7-14/h14-15H,2-13H2,1H3,(H,17,19). The maximum Gasteiger partial charge on any atom is 0.220 e. The van der Waals surface area contributed by atoms with E-state index in [1.165, 1.54) is 49.1 Å². The molecule has 1 saturated carbocycles. The summed E-state index contributed by atoms with van der Waals surface area (Å²) >= 11 is 0. The molecule has 1 aliphatic carbocycles. The number of nitrogens with zero attached hydrogens (tertiary/aromatic N) is 1. The summed E-state index contributed by atoms with van der Waals surface area (Å²) in [5.74, 6) is 0.966. The second-order valence-electron chi connectivity index (χ2n) is 6.90. The molecular weight excluding hydrogens is 300 g/mol. The van der Waals surface area contributed by atoms with E-state index in [1.807, 2.05) is 0 Å². The van der Waals surface area contributed by atoms with Crippen LogP contribution in [0.25, 0.3) is 0 Å². The van der Waals surface area contributed by atoms with Crippen molar-refractivity contribution in [1.29, 1.82) is 0 Å². The SMILES string of the molecule is CS(=O)(=O)N1CCC(NC(=O)CCCC2CCCCC2)CC1. The van der Waals surface area contributed by atoms with Crippen molar-refractivity contribution in [3.05, 3.63) is 0 Å². The van der Waals surface area contributed by atoms with Crippen LogP contribution in [-0.2, 0) is 14.8 Å². The van der Waals surface area contributed by atoms with E-state index in [2.05, 4.69) is 5.32 Å². The number of amides is 1. The van der Waals surface area contributed by atoms with Gasteiger partial charge in [0.15, 0.2) is 0 Å². The first-order valence-corrected chi connectivity index (χ1v) is 10.5. The molecule has 6 heteroatoms. The Kier molecular flexibility index (Phi) is 6.68. The van der Waals surface area contributed by atoms with Gasteiger partial charge in [-0.3, -0.25) is 4.79 Å². The number of carbonyl (C=O) groups is 1. The quantitative estimate of drug-likeness (QED) is 0.812. The fourth-order valence-electron chi connectivity index (χ4n) is 3.66. The fourth-order valence-corrected chi connectivity index (χ4v) is 4.53. The Labute approximate surface area is 134 Å². The summed E-state index contributed by atoms with van der Waals surface area (Å²) in [4.78, 5) is 12.0. The lowest BCUT2D eigenvalue weighted by Gasteiger charge is -2.30. The highest BCUT2D eigenvalue weighted by molar-refractivity contribution is 7.88. The summed E-state index contributed by atoms with van der Waals surface area (Å²) in [5, 5.41) is 3.07. The van der Waals surface area contributed by atoms with E-state index in [9.17, 15) is 13.2 Å². The molecule has 0 aromatic carbocycles. The zero-order chi connectivity index (χ0) is 16.0. The Morgan fingerprint density at radius 1 is 1.09 bits per heavy atom. The first-order chi connectivity index (χ1) is 10.4. The van der Waals surface area contributed by atoms with Crippen molar-refractivity contribution < 1.29 is 13.2 Å². The largest absolute Gasteiger partial charge is 0.353 e. The predicted octanol–water partition coefficient (Wildman–Crippen LogP) is 2.28. The van der Waals surface area contributed by atoms with Gasteiger partial charge in [0.2, 0.25) is 15.9 Å². The minimum Gasteiger partial charge on any atom is -0.353 e. The zero-order valence-electron chi connectivity index (χ0n) is 13.7. The van der Waals surface area contributed by atoms with Crippen molar-refractivity contribution in [3.63, 3.8) is 0 Å². The molecule has 2 rings (SSSR count). The molecule has 0 spiro atoms. The summed E-state index contributed by atoms with van der Waals surface area (Å²) in [7, 11) is -3.08. The first-order valence-electron chi connectivity index (χ1n) is 8.69. The van der Waals surface area contributed by atoms with Crippen molar-refractivity contribution >= 4 is 15.9 Å². The predicted molar refractivity (Wildman–Crippen MR) is 88.0 cm³/mol. The third-order valence-electron chi connectivity index (χ3n) is 5.03. The van der Waals surface area contributed by atoms with Gasteiger partial charge in [-0.2, -0.15) is 0 Å². The van der Waals surface area contributed by atoms with Gasteiger partial charge in [-0.1, -0.05) is 32.1 Å². The monoisotopic (exact) mass is 330 g/mol. The molecule has 0 unspecified atom stereocenters. The molecule has 0 aromatic heterocycles. The van der Waals surface area contributed by atoms with Gasteiger partial charge in [0, 0.05) is 25.6 Å². The maximum atomic E-state index is 12.0. The Balaban J connectivity index is 1.59. The van der Waals surface area contributed by atoms with Crippen LogP contribution in [0.2, 0.25) is 0 Å². The molecule has 1 amide bonds. The van der Waals surface area contributed by atoms with Crippen LogP contribution in [-0.4, -0.2) is 44.0 Å². The molecule has 1 N–H and O–H groups in total. The van der Waals surface area contributed by atoms with Crippen LogP contribution in [0.5, 0.6) is 0 Å². The molecule has 0 aromatic rings. The van der Waals surface area contributed by atoms with Crippen molar-refractivity contribution in [1.82, 2.24) is 9.62 Å². The molecule has 2 fully saturated rings. The Bertz CT molecular complexity index is 450. The molecule has 1 saturated heterocycles. The normalized spacial score (nSPS) is 22.6. The van der Waals surface area contributed by atoms with Crippen LogP contribution >= 0.6 is 0 Å². The molecule has 22 heavy (non-hydrogen) atoms. The number of rotatable bonds is 6. The van der Waals surface area contributed by atoms with E-state index in [-0.39, 0.29) is 11.9 Å². The molecule has 1 aliphatic heterocycles. The number of hydrogen-bond acceptors (Lipinski definition) is 3. The highest BCUT2D eigenvalue weighted by Gasteiger charge is 2.25. The summed E-state index contributed by atoms with van der Waals surface area (Å²) < 4.78 is 24.4. The average molecular weight is 330 g/mol. The van der Waals surface area contributed by atoms with Crippen LogP contribution in [0.1, 0.15) is 64.2 Å². The Morgan fingerprint density at radius 2 is 1.73 bits per heavy atom. The van der Waals surface area contributed by atoms with E-state index in [0.29, 0.717) is 19.5 Å². The number of piperidine rings is 1. The van der Waals surface area contributed by atoms with Gasteiger partial charge in [-0.05, 0) is 31.6 Å². The minimum absolute atomic E-state index is 0.133. The van der Waals surface area contributed by atoms with E-state index in [1.54, 1.807) is 0 Å². The molecular formula is C16H30N2O3S. The van der Waals surface area contributed by atoms with Gasteiger partial charge in [0.25, 0.3) is 0 Å². The van der Waals surface area contributed by atoms with Crippen LogP contribution in [0, 0.1) is 5.92 Å². The number of nitrogens with one attached hydrogen (secondary N) is 1. The smallest absolute Gasteiger partial charge is 0.220 e. The summed E-state index contributed by atoms with van der Waals surface area (Å²) in [6.45, 7) is 1.04. The van der Waals surface area contributed by atoms with Crippen LogP contribution in [0.4, 0.5) is 0 Å². The lowest BCUT2D eigenvalue weighted by molar-refractivity contribution is -0.122. The lowest BCUT2D eigenvalue weighted by Crippen LogP contribution is -2.46. The van der Waals surface area contributed by atoms with Crippen molar-refractivity contribution in [2.45, 2.75) is 70.3 Å². The fraction of sp³-hybridized carbons (Fsp3) is 0.938. The van der Waals surface area contributed by atoms with E-state index in [0.717, 1.165) is 25.2 Å². The van der Waals surface area contributed by atoms with Crippen molar-refractivity contribution in [2.24, 2.45) is 5.92 Å². The molecule has 2 aliphatic rings. The van der Waals surface area contributed by atoms with Crippen LogP contribution in [0.3, 0.4) is 0 Å². The van der Waals surface area contributed by atoms with Gasteiger partial charge < -0.3 is 5.32 Å². The van der Waals surface area contributed by atoms with E-state index in [4.69, 9.17) is 0 Å². The zero-order valence-corrected chi connectivity index (χ0v) is 14.5. The summed E-state index contributed by atoms with van der Waals surface area (Å²) in [6, 6.07) is 0.139. The second-order valence-corrected chi connectivity index (χ2v) is 8.88. The lowest BCUT2D eigenvalue weighted by atomic mass is 9.86. The topological polar surface area (TPSA) is 66.5 Å². The Morgan fingerprint density at radius 3 is 2.32 bits per heavy atom. The van der Waals surface area contributed by atoms with Gasteiger partial charge in [0.05, 0.1) is 6.26 Å².